The number of aliphatic hydroxyl groups is 1. The number of esters is 1. The van der Waals surface area contributed by atoms with E-state index in [0.717, 1.165) is 6.20 Å². The van der Waals surface area contributed by atoms with Crippen molar-refractivity contribution in [3.63, 3.8) is 0 Å². The number of hydrogen-bond acceptors (Lipinski definition) is 6. The number of carbonyl (C=O) groups is 1. The lowest BCUT2D eigenvalue weighted by atomic mass is 10.1. The minimum absolute atomic E-state index is 0.0558. The van der Waals surface area contributed by atoms with E-state index in [4.69, 9.17) is 9.84 Å². The Morgan fingerprint density at radius 2 is 2.40 bits per heavy atom. The molecule has 2 heterocycles. The van der Waals surface area contributed by atoms with Crippen molar-refractivity contribution in [1.29, 1.82) is 0 Å². The summed E-state index contributed by atoms with van der Waals surface area (Å²) >= 11 is 0. The number of nitrogens with zero attached hydrogens (tertiary/aromatic N) is 2. The monoisotopic (exact) mass is 303 g/mol. The summed E-state index contributed by atoms with van der Waals surface area (Å²) in [5.74, 6) is -0.795. The molecule has 0 aromatic carbocycles. The average molecular weight is 303 g/mol. The van der Waals surface area contributed by atoms with Crippen molar-refractivity contribution in [3.8, 4) is 0 Å². The summed E-state index contributed by atoms with van der Waals surface area (Å²) in [6, 6.07) is 0. The van der Waals surface area contributed by atoms with Gasteiger partial charge in [-0.05, 0) is 19.3 Å². The largest absolute Gasteiger partial charge is 0.462 e. The Kier molecular flexibility index (Phi) is 4.41. The summed E-state index contributed by atoms with van der Waals surface area (Å²) in [6.45, 7) is 2.28. The zero-order chi connectivity index (χ0) is 14.8. The second kappa shape index (κ2) is 5.90. The van der Waals surface area contributed by atoms with E-state index in [-0.39, 0.29) is 36.3 Å². The molecule has 20 heavy (non-hydrogen) atoms. The molecule has 1 fully saturated rings. The van der Waals surface area contributed by atoms with E-state index in [9.17, 15) is 13.2 Å². The van der Waals surface area contributed by atoms with Gasteiger partial charge in [0.25, 0.3) is 10.0 Å². The van der Waals surface area contributed by atoms with Gasteiger partial charge >= 0.3 is 5.97 Å². The number of aromatic nitrogens is 2. The predicted octanol–water partition coefficient (Wildman–Crippen LogP) is -0.411. The van der Waals surface area contributed by atoms with Crippen molar-refractivity contribution in [2.24, 2.45) is 5.92 Å². The van der Waals surface area contributed by atoms with Crippen LogP contribution in [0.2, 0.25) is 0 Å². The summed E-state index contributed by atoms with van der Waals surface area (Å²) in [7, 11) is -3.83. The van der Waals surface area contributed by atoms with Crippen molar-refractivity contribution in [2.45, 2.75) is 18.4 Å². The molecule has 8 nitrogen and oxygen atoms in total. The van der Waals surface area contributed by atoms with Crippen LogP contribution >= 0.6 is 0 Å². The normalized spacial score (nSPS) is 20.2. The molecule has 1 aromatic heterocycles. The van der Waals surface area contributed by atoms with Crippen LogP contribution in [0.1, 0.15) is 23.7 Å². The molecule has 0 spiro atoms. The fraction of sp³-hybridized carbons (Fsp3) is 0.636. The lowest BCUT2D eigenvalue weighted by molar-refractivity contribution is 0.0521. The molecule has 1 unspecified atom stereocenters. The van der Waals surface area contributed by atoms with Crippen molar-refractivity contribution >= 4 is 16.0 Å². The number of hydrogen-bond donors (Lipinski definition) is 2. The maximum Gasteiger partial charge on any atom is 0.342 e. The molecule has 0 saturated carbocycles. The second-order valence-electron chi connectivity index (χ2n) is 4.53. The van der Waals surface area contributed by atoms with Crippen LogP contribution in [-0.2, 0) is 14.8 Å². The van der Waals surface area contributed by atoms with Crippen molar-refractivity contribution in [3.05, 3.63) is 11.8 Å². The number of aromatic amines is 1. The van der Waals surface area contributed by atoms with Gasteiger partial charge in [0, 0.05) is 19.7 Å². The second-order valence-corrected chi connectivity index (χ2v) is 6.41. The highest BCUT2D eigenvalue weighted by atomic mass is 32.2. The van der Waals surface area contributed by atoms with E-state index in [1.165, 1.54) is 4.31 Å². The summed E-state index contributed by atoms with van der Waals surface area (Å²) in [6.07, 6.45) is 1.74. The number of nitrogens with one attached hydrogen (secondary N) is 1. The molecule has 1 saturated heterocycles. The van der Waals surface area contributed by atoms with Crippen molar-refractivity contribution < 1.29 is 23.1 Å². The molecule has 0 bridgehead atoms. The molecule has 1 aliphatic rings. The Balaban J connectivity index is 2.27. The van der Waals surface area contributed by atoms with E-state index in [1.54, 1.807) is 6.92 Å². The van der Waals surface area contributed by atoms with Gasteiger partial charge < -0.3 is 9.84 Å². The first-order valence-corrected chi connectivity index (χ1v) is 7.76. The lowest BCUT2D eigenvalue weighted by Crippen LogP contribution is -2.30. The highest BCUT2D eigenvalue weighted by Gasteiger charge is 2.36. The fourth-order valence-corrected chi connectivity index (χ4v) is 3.71. The van der Waals surface area contributed by atoms with Gasteiger partial charge in [0.2, 0.25) is 0 Å². The van der Waals surface area contributed by atoms with Crippen LogP contribution in [0.3, 0.4) is 0 Å². The Labute approximate surface area is 116 Å². The zero-order valence-electron chi connectivity index (χ0n) is 11.1. The SMILES string of the molecule is CCOC(=O)c1cn[nH]c1S(=O)(=O)N1CCC(CO)C1. The first kappa shape index (κ1) is 14.9. The van der Waals surface area contributed by atoms with Gasteiger partial charge in [0.1, 0.15) is 5.56 Å². The van der Waals surface area contributed by atoms with Gasteiger partial charge in [-0.25, -0.2) is 13.2 Å². The van der Waals surface area contributed by atoms with Gasteiger partial charge in [-0.2, -0.15) is 9.40 Å². The average Bonchev–Trinajstić information content (AvgIpc) is 3.08. The van der Waals surface area contributed by atoms with Gasteiger partial charge in [0.05, 0.1) is 12.8 Å². The van der Waals surface area contributed by atoms with E-state index in [2.05, 4.69) is 10.2 Å². The Morgan fingerprint density at radius 1 is 1.65 bits per heavy atom. The number of carbonyl (C=O) groups excluding carboxylic acids is 1. The van der Waals surface area contributed by atoms with Gasteiger partial charge in [-0.1, -0.05) is 0 Å². The predicted molar refractivity (Wildman–Crippen MR) is 68.5 cm³/mol. The quantitative estimate of drug-likeness (QED) is 0.715. The highest BCUT2D eigenvalue weighted by Crippen LogP contribution is 2.25. The molecule has 2 N–H and O–H groups in total. The first-order valence-electron chi connectivity index (χ1n) is 6.32. The number of aliphatic hydroxyl groups excluding tert-OH is 1. The number of H-pyrrole nitrogens is 1. The summed E-state index contributed by atoms with van der Waals surface area (Å²) < 4.78 is 30.9. The lowest BCUT2D eigenvalue weighted by Gasteiger charge is -2.15. The molecule has 0 radical (unpaired) electrons. The maximum atomic E-state index is 12.5. The molecule has 0 amide bonds. The molecule has 2 rings (SSSR count). The molecule has 9 heteroatoms. The van der Waals surface area contributed by atoms with Gasteiger partial charge in [0.15, 0.2) is 5.03 Å². The van der Waals surface area contributed by atoms with E-state index < -0.39 is 16.0 Å². The zero-order valence-corrected chi connectivity index (χ0v) is 11.9. The van der Waals surface area contributed by atoms with E-state index in [0.29, 0.717) is 13.0 Å². The summed E-state index contributed by atoms with van der Waals surface area (Å²) in [5.41, 5.74) is -0.0979. The van der Waals surface area contributed by atoms with Crippen LogP contribution in [0.4, 0.5) is 0 Å². The van der Waals surface area contributed by atoms with Crippen molar-refractivity contribution in [1.82, 2.24) is 14.5 Å². The molecule has 1 atom stereocenters. The highest BCUT2D eigenvalue weighted by molar-refractivity contribution is 7.89. The van der Waals surface area contributed by atoms with E-state index >= 15 is 0 Å². The van der Waals surface area contributed by atoms with Crippen LogP contribution in [0.5, 0.6) is 0 Å². The molecule has 0 aliphatic carbocycles. The summed E-state index contributed by atoms with van der Waals surface area (Å²) in [4.78, 5) is 11.7. The molecular formula is C11H17N3O5S. The minimum atomic E-state index is -3.83. The summed E-state index contributed by atoms with van der Waals surface area (Å²) in [5, 5.41) is 14.8. The standard InChI is InChI=1S/C11H17N3O5S/c1-2-19-11(16)9-5-12-13-10(9)20(17,18)14-4-3-8(6-14)7-15/h5,8,15H,2-4,6-7H2,1H3,(H,12,13). The molecule has 1 aliphatic heterocycles. The number of ether oxygens (including phenoxy) is 1. The Hall–Kier alpha value is -1.45. The van der Waals surface area contributed by atoms with Crippen LogP contribution < -0.4 is 0 Å². The maximum absolute atomic E-state index is 12.5. The Bertz CT molecular complexity index is 583. The van der Waals surface area contributed by atoms with Crippen LogP contribution in [-0.4, -0.2) is 60.3 Å². The molecule has 1 aromatic rings. The van der Waals surface area contributed by atoms with Crippen LogP contribution in [0, 0.1) is 5.92 Å². The third-order valence-corrected chi connectivity index (χ3v) is 5.04. The smallest absolute Gasteiger partial charge is 0.342 e. The van der Waals surface area contributed by atoms with Gasteiger partial charge in [-0.3, -0.25) is 5.10 Å². The van der Waals surface area contributed by atoms with Crippen LogP contribution in [0.15, 0.2) is 11.2 Å². The number of rotatable bonds is 5. The minimum Gasteiger partial charge on any atom is -0.462 e. The third kappa shape index (κ3) is 2.69. The topological polar surface area (TPSA) is 113 Å². The molecular weight excluding hydrogens is 286 g/mol. The fourth-order valence-electron chi connectivity index (χ4n) is 2.12. The van der Waals surface area contributed by atoms with Crippen LogP contribution in [0.25, 0.3) is 0 Å². The first-order chi connectivity index (χ1) is 9.50. The van der Waals surface area contributed by atoms with Gasteiger partial charge in [-0.15, -0.1) is 0 Å². The number of sulfonamides is 1. The Morgan fingerprint density at radius 3 is 3.00 bits per heavy atom. The van der Waals surface area contributed by atoms with Crippen molar-refractivity contribution in [2.75, 3.05) is 26.3 Å². The van der Waals surface area contributed by atoms with E-state index in [1.807, 2.05) is 0 Å². The third-order valence-electron chi connectivity index (χ3n) is 3.20. The molecule has 112 valence electrons.